The van der Waals surface area contributed by atoms with Gasteiger partial charge in [0, 0.05) is 12.1 Å². The zero-order chi connectivity index (χ0) is 10.7. The summed E-state index contributed by atoms with van der Waals surface area (Å²) in [6.45, 7) is 3.87. The summed E-state index contributed by atoms with van der Waals surface area (Å²) in [7, 11) is 1.55. The number of hydrogen-bond donors (Lipinski definition) is 1. The van der Waals surface area contributed by atoms with Gasteiger partial charge >= 0.3 is 0 Å². The lowest BCUT2D eigenvalue weighted by Gasteiger charge is -2.15. The van der Waals surface area contributed by atoms with Crippen LogP contribution in [0.4, 0.5) is 4.39 Å². The van der Waals surface area contributed by atoms with E-state index < -0.39 is 6.17 Å². The molecule has 3 heteroatoms. The molecule has 0 saturated carbocycles. The Hall–Kier alpha value is -1.09. The maximum absolute atomic E-state index is 13.4. The molecule has 0 radical (unpaired) electrons. The third-order valence-corrected chi connectivity index (χ3v) is 2.46. The van der Waals surface area contributed by atoms with Crippen LogP contribution in [0.2, 0.25) is 0 Å². The van der Waals surface area contributed by atoms with E-state index in [1.54, 1.807) is 13.2 Å². The molecule has 0 aromatic heterocycles. The molecule has 1 unspecified atom stereocenters. The molecule has 0 amide bonds. The summed E-state index contributed by atoms with van der Waals surface area (Å²) in [6.07, 6.45) is -1.15. The van der Waals surface area contributed by atoms with E-state index in [-0.39, 0.29) is 6.54 Å². The predicted molar refractivity (Wildman–Crippen MR) is 55.4 cm³/mol. The molecule has 78 valence electrons. The van der Waals surface area contributed by atoms with E-state index in [4.69, 9.17) is 10.5 Å². The monoisotopic (exact) mass is 197 g/mol. The minimum atomic E-state index is -1.15. The van der Waals surface area contributed by atoms with Gasteiger partial charge < -0.3 is 10.5 Å². The average Bonchev–Trinajstić information content (AvgIpc) is 2.20. The van der Waals surface area contributed by atoms with Crippen molar-refractivity contribution in [1.29, 1.82) is 0 Å². The number of rotatable bonds is 3. The Bertz CT molecular complexity index is 325. The van der Waals surface area contributed by atoms with Crippen LogP contribution in [0.1, 0.15) is 22.9 Å². The smallest absolute Gasteiger partial charge is 0.141 e. The molecule has 0 aliphatic carbocycles. The highest BCUT2D eigenvalue weighted by atomic mass is 19.1. The number of aryl methyl sites for hydroxylation is 1. The van der Waals surface area contributed by atoms with Gasteiger partial charge in [0.25, 0.3) is 0 Å². The molecule has 2 nitrogen and oxygen atoms in total. The van der Waals surface area contributed by atoms with E-state index in [1.165, 1.54) is 0 Å². The Morgan fingerprint density at radius 1 is 1.43 bits per heavy atom. The molecule has 0 bridgehead atoms. The fraction of sp³-hybridized carbons (Fsp3) is 0.455. The van der Waals surface area contributed by atoms with Gasteiger partial charge in [0.1, 0.15) is 11.9 Å². The normalized spacial score (nSPS) is 12.6. The number of ether oxygens (including phenoxy) is 1. The SMILES string of the molecule is COc1c(C(F)CN)ccc(C)c1C. The highest BCUT2D eigenvalue weighted by Gasteiger charge is 2.15. The van der Waals surface area contributed by atoms with Crippen molar-refractivity contribution in [3.8, 4) is 5.75 Å². The molecule has 0 fully saturated rings. The fourth-order valence-corrected chi connectivity index (χ4v) is 1.46. The number of alkyl halides is 1. The first-order valence-corrected chi connectivity index (χ1v) is 4.60. The number of benzene rings is 1. The summed E-state index contributed by atoms with van der Waals surface area (Å²) in [5.41, 5.74) is 7.89. The van der Waals surface area contributed by atoms with Gasteiger partial charge in [-0.25, -0.2) is 4.39 Å². The van der Waals surface area contributed by atoms with Crippen molar-refractivity contribution in [2.75, 3.05) is 13.7 Å². The van der Waals surface area contributed by atoms with Crippen LogP contribution >= 0.6 is 0 Å². The molecule has 0 aliphatic rings. The van der Waals surface area contributed by atoms with Gasteiger partial charge in [0.15, 0.2) is 0 Å². The lowest BCUT2D eigenvalue weighted by Crippen LogP contribution is -2.09. The maximum atomic E-state index is 13.4. The summed E-state index contributed by atoms with van der Waals surface area (Å²) >= 11 is 0. The van der Waals surface area contributed by atoms with Crippen molar-refractivity contribution >= 4 is 0 Å². The molecular weight excluding hydrogens is 181 g/mol. The second kappa shape index (κ2) is 4.42. The Labute approximate surface area is 83.9 Å². The number of nitrogens with two attached hydrogens (primary N) is 1. The molecule has 0 aliphatic heterocycles. The Morgan fingerprint density at radius 3 is 2.57 bits per heavy atom. The molecular formula is C11H16FNO. The molecule has 1 aromatic rings. The van der Waals surface area contributed by atoms with Crippen molar-refractivity contribution in [2.45, 2.75) is 20.0 Å². The van der Waals surface area contributed by atoms with E-state index in [0.29, 0.717) is 11.3 Å². The van der Waals surface area contributed by atoms with Crippen molar-refractivity contribution in [3.63, 3.8) is 0 Å². The van der Waals surface area contributed by atoms with Crippen molar-refractivity contribution in [1.82, 2.24) is 0 Å². The van der Waals surface area contributed by atoms with Crippen LogP contribution in [0.3, 0.4) is 0 Å². The number of methoxy groups -OCH3 is 1. The van der Waals surface area contributed by atoms with Crippen LogP contribution in [0.25, 0.3) is 0 Å². The first-order chi connectivity index (χ1) is 6.61. The standard InChI is InChI=1S/C11H16FNO/c1-7-4-5-9(10(12)6-13)11(14-3)8(7)2/h4-5,10H,6,13H2,1-3H3. The van der Waals surface area contributed by atoms with E-state index in [1.807, 2.05) is 19.9 Å². The van der Waals surface area contributed by atoms with Gasteiger partial charge in [-0.05, 0) is 25.0 Å². The Balaban J connectivity index is 3.23. The molecule has 1 aromatic carbocycles. The zero-order valence-corrected chi connectivity index (χ0v) is 8.80. The summed E-state index contributed by atoms with van der Waals surface area (Å²) < 4.78 is 18.6. The van der Waals surface area contributed by atoms with Crippen molar-refractivity contribution < 1.29 is 9.13 Å². The lowest BCUT2D eigenvalue weighted by atomic mass is 10.0. The van der Waals surface area contributed by atoms with Gasteiger partial charge in [-0.2, -0.15) is 0 Å². The van der Waals surface area contributed by atoms with Crippen LogP contribution in [-0.2, 0) is 0 Å². The molecule has 1 rings (SSSR count). The van der Waals surface area contributed by atoms with Crippen LogP contribution in [-0.4, -0.2) is 13.7 Å². The third kappa shape index (κ3) is 1.87. The maximum Gasteiger partial charge on any atom is 0.141 e. The summed E-state index contributed by atoms with van der Waals surface area (Å²) in [5.74, 6) is 0.614. The molecule has 0 heterocycles. The summed E-state index contributed by atoms with van der Waals surface area (Å²) in [5, 5.41) is 0. The zero-order valence-electron chi connectivity index (χ0n) is 8.80. The molecule has 2 N–H and O–H groups in total. The largest absolute Gasteiger partial charge is 0.496 e. The Morgan fingerprint density at radius 2 is 2.07 bits per heavy atom. The van der Waals surface area contributed by atoms with E-state index in [2.05, 4.69) is 0 Å². The molecule has 0 spiro atoms. The molecule has 14 heavy (non-hydrogen) atoms. The lowest BCUT2D eigenvalue weighted by molar-refractivity contribution is 0.330. The number of halogens is 1. The average molecular weight is 197 g/mol. The van der Waals surface area contributed by atoms with Gasteiger partial charge in [0.05, 0.1) is 7.11 Å². The minimum Gasteiger partial charge on any atom is -0.496 e. The van der Waals surface area contributed by atoms with Gasteiger partial charge in [0.2, 0.25) is 0 Å². The van der Waals surface area contributed by atoms with Crippen LogP contribution in [0, 0.1) is 13.8 Å². The van der Waals surface area contributed by atoms with Crippen molar-refractivity contribution in [2.24, 2.45) is 5.73 Å². The van der Waals surface area contributed by atoms with Crippen LogP contribution < -0.4 is 10.5 Å². The minimum absolute atomic E-state index is 0.0150. The van der Waals surface area contributed by atoms with Gasteiger partial charge in [-0.3, -0.25) is 0 Å². The molecule has 0 saturated heterocycles. The van der Waals surface area contributed by atoms with E-state index in [0.717, 1.165) is 11.1 Å². The predicted octanol–water partition coefficient (Wildman–Crippen LogP) is 2.28. The third-order valence-electron chi connectivity index (χ3n) is 2.46. The summed E-state index contributed by atoms with van der Waals surface area (Å²) in [4.78, 5) is 0. The highest BCUT2D eigenvalue weighted by Crippen LogP contribution is 2.31. The first kappa shape index (κ1) is 11.0. The molecule has 1 atom stereocenters. The quantitative estimate of drug-likeness (QED) is 0.806. The topological polar surface area (TPSA) is 35.2 Å². The Kier molecular flexibility index (Phi) is 3.47. The van der Waals surface area contributed by atoms with Crippen LogP contribution in [0.15, 0.2) is 12.1 Å². The second-order valence-electron chi connectivity index (χ2n) is 3.33. The highest BCUT2D eigenvalue weighted by molar-refractivity contribution is 5.46. The van der Waals surface area contributed by atoms with Gasteiger partial charge in [-0.15, -0.1) is 0 Å². The van der Waals surface area contributed by atoms with Gasteiger partial charge in [-0.1, -0.05) is 12.1 Å². The first-order valence-electron chi connectivity index (χ1n) is 4.60. The summed E-state index contributed by atoms with van der Waals surface area (Å²) in [6, 6.07) is 3.62. The second-order valence-corrected chi connectivity index (χ2v) is 3.33. The number of hydrogen-bond acceptors (Lipinski definition) is 2. The fourth-order valence-electron chi connectivity index (χ4n) is 1.46. The van der Waals surface area contributed by atoms with E-state index in [9.17, 15) is 4.39 Å². The van der Waals surface area contributed by atoms with Crippen molar-refractivity contribution in [3.05, 3.63) is 28.8 Å². The van der Waals surface area contributed by atoms with E-state index >= 15 is 0 Å². The van der Waals surface area contributed by atoms with Crippen LogP contribution in [0.5, 0.6) is 5.75 Å².